The van der Waals surface area contributed by atoms with Gasteiger partial charge >= 0.3 is 5.97 Å². The summed E-state index contributed by atoms with van der Waals surface area (Å²) >= 11 is 0. The minimum atomic E-state index is -0.392. The second kappa shape index (κ2) is 7.51. The van der Waals surface area contributed by atoms with Crippen molar-refractivity contribution in [3.8, 4) is 5.75 Å². The van der Waals surface area contributed by atoms with Crippen molar-refractivity contribution in [2.45, 2.75) is 19.8 Å². The number of hydrogen-bond acceptors (Lipinski definition) is 6. The van der Waals surface area contributed by atoms with E-state index in [9.17, 15) is 9.59 Å². The molecule has 1 aliphatic heterocycles. The van der Waals surface area contributed by atoms with E-state index in [0.29, 0.717) is 48.5 Å². The molecule has 0 atom stereocenters. The largest absolute Gasteiger partial charge is 0.494 e. The fraction of sp³-hybridized carbons (Fsp3) is 0.368. The zero-order chi connectivity index (χ0) is 18.7. The lowest BCUT2D eigenvalue weighted by atomic mass is 10.0. The number of pyridine rings is 2. The second-order valence-electron chi connectivity index (χ2n) is 6.09. The Labute approximate surface area is 152 Å². The van der Waals surface area contributed by atoms with Crippen LogP contribution in [0, 0.1) is 6.92 Å². The predicted octanol–water partition coefficient (Wildman–Crippen LogP) is 1.82. The molecule has 0 saturated heterocycles. The number of hydrogen-bond donors (Lipinski definition) is 0. The molecule has 0 aliphatic carbocycles. The minimum Gasteiger partial charge on any atom is -0.494 e. The molecule has 3 rings (SSSR count). The summed E-state index contributed by atoms with van der Waals surface area (Å²) in [5, 5.41) is 0. The molecule has 136 valence electrons. The average Bonchev–Trinajstić information content (AvgIpc) is 2.88. The van der Waals surface area contributed by atoms with Crippen molar-refractivity contribution in [1.29, 1.82) is 0 Å². The highest BCUT2D eigenvalue weighted by molar-refractivity contribution is 5.96. The molecule has 2 aromatic heterocycles. The summed E-state index contributed by atoms with van der Waals surface area (Å²) in [6.07, 6.45) is 4.38. The van der Waals surface area contributed by atoms with Crippen LogP contribution in [0.25, 0.3) is 0 Å². The number of ether oxygens (including phenoxy) is 2. The first-order chi connectivity index (χ1) is 12.5. The number of esters is 1. The number of rotatable bonds is 3. The van der Waals surface area contributed by atoms with Gasteiger partial charge in [0, 0.05) is 31.4 Å². The number of aromatic nitrogens is 2. The third kappa shape index (κ3) is 3.37. The summed E-state index contributed by atoms with van der Waals surface area (Å²) in [5.74, 6) is -0.0281. The molecule has 0 unspecified atom stereocenters. The van der Waals surface area contributed by atoms with E-state index in [1.165, 1.54) is 20.4 Å². The van der Waals surface area contributed by atoms with Crippen LogP contribution in [0.15, 0.2) is 24.5 Å². The van der Waals surface area contributed by atoms with Crippen molar-refractivity contribution in [3.05, 3.63) is 52.6 Å². The molecule has 0 radical (unpaired) electrons. The number of carbonyl (C=O) groups excluding carboxylic acids is 2. The van der Waals surface area contributed by atoms with E-state index >= 15 is 0 Å². The predicted molar refractivity (Wildman–Crippen MR) is 94.4 cm³/mol. The van der Waals surface area contributed by atoms with Crippen molar-refractivity contribution in [1.82, 2.24) is 14.9 Å². The number of fused-ring (bicyclic) bond motifs is 1. The van der Waals surface area contributed by atoms with Crippen LogP contribution in [-0.2, 0) is 17.6 Å². The molecule has 1 aliphatic rings. The summed E-state index contributed by atoms with van der Waals surface area (Å²) in [6.45, 7) is 2.90. The van der Waals surface area contributed by atoms with Gasteiger partial charge in [0.1, 0.15) is 5.75 Å². The van der Waals surface area contributed by atoms with Gasteiger partial charge in [-0.2, -0.15) is 0 Å². The summed E-state index contributed by atoms with van der Waals surface area (Å²) < 4.78 is 10.1. The van der Waals surface area contributed by atoms with E-state index in [1.54, 1.807) is 24.1 Å². The number of methoxy groups -OCH3 is 2. The molecular formula is C19H21N3O4. The van der Waals surface area contributed by atoms with Gasteiger partial charge in [0.05, 0.1) is 37.2 Å². The number of aryl methyl sites for hydroxylation is 1. The van der Waals surface area contributed by atoms with Crippen LogP contribution in [0.3, 0.4) is 0 Å². The van der Waals surface area contributed by atoms with Crippen LogP contribution in [-0.4, -0.2) is 54.1 Å². The van der Waals surface area contributed by atoms with Gasteiger partial charge in [-0.25, -0.2) is 4.79 Å². The van der Waals surface area contributed by atoms with Gasteiger partial charge in [-0.1, -0.05) is 0 Å². The summed E-state index contributed by atoms with van der Waals surface area (Å²) in [7, 11) is 2.88. The SMILES string of the molecule is COC(=O)c1cc2c(nc1C)CCN(C(=O)c1ccncc1OC)CC2. The molecular weight excluding hydrogens is 334 g/mol. The maximum atomic E-state index is 12.9. The van der Waals surface area contributed by atoms with Crippen LogP contribution in [0.5, 0.6) is 5.75 Å². The molecule has 26 heavy (non-hydrogen) atoms. The molecule has 2 aromatic rings. The van der Waals surface area contributed by atoms with E-state index < -0.39 is 5.97 Å². The van der Waals surface area contributed by atoms with Gasteiger partial charge in [-0.3, -0.25) is 14.8 Å². The van der Waals surface area contributed by atoms with Gasteiger partial charge in [0.2, 0.25) is 0 Å². The van der Waals surface area contributed by atoms with Crippen molar-refractivity contribution in [2.24, 2.45) is 0 Å². The molecule has 0 saturated carbocycles. The fourth-order valence-electron chi connectivity index (χ4n) is 3.15. The lowest BCUT2D eigenvalue weighted by Crippen LogP contribution is -2.33. The summed E-state index contributed by atoms with van der Waals surface area (Å²) in [4.78, 5) is 35.1. The first-order valence-electron chi connectivity index (χ1n) is 8.40. The van der Waals surface area contributed by atoms with Gasteiger partial charge in [0.25, 0.3) is 5.91 Å². The topological polar surface area (TPSA) is 81.6 Å². The number of nitrogens with zero attached hydrogens (tertiary/aromatic N) is 3. The van der Waals surface area contributed by atoms with Gasteiger partial charge < -0.3 is 14.4 Å². The first kappa shape index (κ1) is 17.8. The summed E-state index contributed by atoms with van der Waals surface area (Å²) in [5.41, 5.74) is 3.51. The Kier molecular flexibility index (Phi) is 5.16. The Morgan fingerprint density at radius 1 is 1.15 bits per heavy atom. The lowest BCUT2D eigenvalue weighted by Gasteiger charge is -2.21. The zero-order valence-electron chi connectivity index (χ0n) is 15.1. The molecule has 0 bridgehead atoms. The van der Waals surface area contributed by atoms with E-state index in [-0.39, 0.29) is 5.91 Å². The van der Waals surface area contributed by atoms with Crippen molar-refractivity contribution < 1.29 is 19.1 Å². The standard InChI is InChI=1S/C19H21N3O4/c1-12-15(19(24)26-3)10-13-5-8-22(9-6-16(13)21-12)18(23)14-4-7-20-11-17(14)25-2/h4,7,10-11H,5-6,8-9H2,1-3H3. The van der Waals surface area contributed by atoms with Crippen LogP contribution in [0.1, 0.15) is 37.7 Å². The molecule has 3 heterocycles. The van der Waals surface area contributed by atoms with Crippen molar-refractivity contribution in [3.63, 3.8) is 0 Å². The van der Waals surface area contributed by atoms with Gasteiger partial charge in [-0.05, 0) is 31.0 Å². The van der Waals surface area contributed by atoms with Crippen LogP contribution < -0.4 is 4.74 Å². The van der Waals surface area contributed by atoms with Crippen molar-refractivity contribution in [2.75, 3.05) is 27.3 Å². The molecule has 0 spiro atoms. The number of carbonyl (C=O) groups is 2. The maximum absolute atomic E-state index is 12.9. The second-order valence-corrected chi connectivity index (χ2v) is 6.09. The summed E-state index contributed by atoms with van der Waals surface area (Å²) in [6, 6.07) is 3.50. The van der Waals surface area contributed by atoms with E-state index in [2.05, 4.69) is 9.97 Å². The van der Waals surface area contributed by atoms with Gasteiger partial charge in [-0.15, -0.1) is 0 Å². The molecule has 0 fully saturated rings. The third-order valence-electron chi connectivity index (χ3n) is 4.58. The van der Waals surface area contributed by atoms with E-state index in [0.717, 1.165) is 11.3 Å². The monoisotopic (exact) mass is 355 g/mol. The Bertz CT molecular complexity index is 851. The minimum absolute atomic E-state index is 0.0954. The molecule has 7 heteroatoms. The van der Waals surface area contributed by atoms with Crippen LogP contribution >= 0.6 is 0 Å². The fourth-order valence-corrected chi connectivity index (χ4v) is 3.15. The highest BCUT2D eigenvalue weighted by atomic mass is 16.5. The lowest BCUT2D eigenvalue weighted by molar-refractivity contribution is 0.0598. The zero-order valence-corrected chi connectivity index (χ0v) is 15.1. The third-order valence-corrected chi connectivity index (χ3v) is 4.58. The maximum Gasteiger partial charge on any atom is 0.339 e. The molecule has 0 N–H and O–H groups in total. The van der Waals surface area contributed by atoms with Gasteiger partial charge in [0.15, 0.2) is 0 Å². The molecule has 1 amide bonds. The number of amides is 1. The normalized spacial score (nSPS) is 13.6. The Balaban J connectivity index is 1.84. The highest BCUT2D eigenvalue weighted by Gasteiger charge is 2.24. The first-order valence-corrected chi connectivity index (χ1v) is 8.40. The van der Waals surface area contributed by atoms with Crippen LogP contribution in [0.4, 0.5) is 0 Å². The van der Waals surface area contributed by atoms with E-state index in [1.807, 2.05) is 6.07 Å². The van der Waals surface area contributed by atoms with Crippen molar-refractivity contribution >= 4 is 11.9 Å². The smallest absolute Gasteiger partial charge is 0.339 e. The van der Waals surface area contributed by atoms with Crippen LogP contribution in [0.2, 0.25) is 0 Å². The molecule has 7 nitrogen and oxygen atoms in total. The Morgan fingerprint density at radius 2 is 1.92 bits per heavy atom. The average molecular weight is 355 g/mol. The quantitative estimate of drug-likeness (QED) is 0.781. The Morgan fingerprint density at radius 3 is 2.65 bits per heavy atom. The Hall–Kier alpha value is -2.96. The highest BCUT2D eigenvalue weighted by Crippen LogP contribution is 2.22. The molecule has 0 aromatic carbocycles. The van der Waals surface area contributed by atoms with E-state index in [4.69, 9.17) is 9.47 Å².